The lowest BCUT2D eigenvalue weighted by Gasteiger charge is -2.20. The second-order valence-corrected chi connectivity index (χ2v) is 5.17. The van der Waals surface area contributed by atoms with Gasteiger partial charge in [-0.1, -0.05) is 19.1 Å². The number of rotatable bonds is 8. The molecule has 1 aromatic carbocycles. The summed E-state index contributed by atoms with van der Waals surface area (Å²) in [5, 5.41) is 11.4. The standard InChI is InChI=1S/C16H23NO4/c1-4-14(21-13-7-5-6-11(2)10-13)16(20)17-12(3)8-9-15(18)19/h5-7,10,12,14H,4,8-9H2,1-3H3,(H,17,20)(H,18,19). The number of nitrogens with one attached hydrogen (secondary N) is 1. The van der Waals surface area contributed by atoms with E-state index >= 15 is 0 Å². The normalized spacial score (nSPS) is 13.3. The highest BCUT2D eigenvalue weighted by Gasteiger charge is 2.20. The number of amides is 1. The summed E-state index contributed by atoms with van der Waals surface area (Å²) in [6.45, 7) is 5.63. The molecule has 5 heteroatoms. The summed E-state index contributed by atoms with van der Waals surface area (Å²) in [6, 6.07) is 7.34. The smallest absolute Gasteiger partial charge is 0.303 e. The molecule has 21 heavy (non-hydrogen) atoms. The Morgan fingerprint density at radius 3 is 2.67 bits per heavy atom. The number of hydrogen-bond acceptors (Lipinski definition) is 3. The van der Waals surface area contributed by atoms with Crippen LogP contribution in [0.3, 0.4) is 0 Å². The number of carbonyl (C=O) groups is 2. The molecule has 0 fully saturated rings. The molecule has 0 saturated heterocycles. The van der Waals surface area contributed by atoms with Crippen LogP contribution in [0.25, 0.3) is 0 Å². The number of carbonyl (C=O) groups excluding carboxylic acids is 1. The van der Waals surface area contributed by atoms with E-state index in [1.807, 2.05) is 38.1 Å². The van der Waals surface area contributed by atoms with Crippen LogP contribution in [0.5, 0.6) is 5.75 Å². The predicted molar refractivity (Wildman–Crippen MR) is 80.4 cm³/mol. The molecule has 0 saturated carbocycles. The van der Waals surface area contributed by atoms with E-state index in [0.717, 1.165) is 5.56 Å². The Kier molecular flexibility index (Phi) is 6.72. The van der Waals surface area contributed by atoms with Crippen molar-refractivity contribution in [2.45, 2.75) is 52.2 Å². The first-order valence-corrected chi connectivity index (χ1v) is 7.17. The minimum Gasteiger partial charge on any atom is -0.481 e. The molecular formula is C16H23NO4. The van der Waals surface area contributed by atoms with E-state index in [4.69, 9.17) is 9.84 Å². The molecular weight excluding hydrogens is 270 g/mol. The fourth-order valence-electron chi connectivity index (χ4n) is 1.92. The first-order valence-electron chi connectivity index (χ1n) is 7.17. The van der Waals surface area contributed by atoms with Crippen LogP contribution >= 0.6 is 0 Å². The van der Waals surface area contributed by atoms with E-state index in [0.29, 0.717) is 18.6 Å². The van der Waals surface area contributed by atoms with Crippen LogP contribution in [0, 0.1) is 6.92 Å². The molecule has 0 heterocycles. The van der Waals surface area contributed by atoms with Crippen molar-refractivity contribution in [2.75, 3.05) is 0 Å². The lowest BCUT2D eigenvalue weighted by Crippen LogP contribution is -2.42. The Bertz CT molecular complexity index is 487. The largest absolute Gasteiger partial charge is 0.481 e. The van der Waals surface area contributed by atoms with E-state index < -0.39 is 12.1 Å². The third-order valence-corrected chi connectivity index (χ3v) is 3.11. The van der Waals surface area contributed by atoms with Crippen molar-refractivity contribution in [3.63, 3.8) is 0 Å². The topological polar surface area (TPSA) is 75.6 Å². The molecule has 5 nitrogen and oxygen atoms in total. The van der Waals surface area contributed by atoms with E-state index in [9.17, 15) is 9.59 Å². The van der Waals surface area contributed by atoms with Crippen LogP contribution in [0.15, 0.2) is 24.3 Å². The molecule has 0 radical (unpaired) electrons. The van der Waals surface area contributed by atoms with Gasteiger partial charge in [0.2, 0.25) is 0 Å². The second-order valence-electron chi connectivity index (χ2n) is 5.17. The predicted octanol–water partition coefficient (Wildman–Crippen LogP) is 2.52. The van der Waals surface area contributed by atoms with Gasteiger partial charge in [-0.15, -0.1) is 0 Å². The Labute approximate surface area is 125 Å². The molecule has 1 aromatic rings. The fourth-order valence-corrected chi connectivity index (χ4v) is 1.92. The average molecular weight is 293 g/mol. The fraction of sp³-hybridized carbons (Fsp3) is 0.500. The van der Waals surface area contributed by atoms with E-state index in [1.165, 1.54) is 0 Å². The molecule has 2 unspecified atom stereocenters. The third kappa shape index (κ3) is 6.29. The summed E-state index contributed by atoms with van der Waals surface area (Å²) in [7, 11) is 0. The molecule has 0 spiro atoms. The highest BCUT2D eigenvalue weighted by atomic mass is 16.5. The van der Waals surface area contributed by atoms with Gasteiger partial charge in [-0.25, -0.2) is 0 Å². The molecule has 2 N–H and O–H groups in total. The number of hydrogen-bond donors (Lipinski definition) is 2. The third-order valence-electron chi connectivity index (χ3n) is 3.11. The van der Waals surface area contributed by atoms with Crippen molar-refractivity contribution in [3.05, 3.63) is 29.8 Å². The zero-order chi connectivity index (χ0) is 15.8. The van der Waals surface area contributed by atoms with Crippen molar-refractivity contribution in [1.82, 2.24) is 5.32 Å². The van der Waals surface area contributed by atoms with Gasteiger partial charge in [0, 0.05) is 12.5 Å². The average Bonchev–Trinajstić information content (AvgIpc) is 2.42. The molecule has 0 aromatic heterocycles. The molecule has 1 amide bonds. The number of aryl methyl sites for hydroxylation is 1. The number of aliphatic carboxylic acids is 1. The van der Waals surface area contributed by atoms with E-state index in [1.54, 1.807) is 6.92 Å². The lowest BCUT2D eigenvalue weighted by atomic mass is 10.1. The summed E-state index contributed by atoms with van der Waals surface area (Å²) in [5.74, 6) is -0.411. The van der Waals surface area contributed by atoms with Crippen LogP contribution in [0.1, 0.15) is 38.7 Å². The van der Waals surface area contributed by atoms with Crippen LogP contribution in [0.4, 0.5) is 0 Å². The van der Waals surface area contributed by atoms with Gasteiger partial charge in [0.1, 0.15) is 5.75 Å². The highest BCUT2D eigenvalue weighted by molar-refractivity contribution is 5.81. The minimum absolute atomic E-state index is 0.0387. The van der Waals surface area contributed by atoms with Gasteiger partial charge in [0.05, 0.1) is 0 Å². The zero-order valence-electron chi connectivity index (χ0n) is 12.8. The number of carboxylic acid groups (broad SMARTS) is 1. The van der Waals surface area contributed by atoms with E-state index in [2.05, 4.69) is 5.32 Å². The van der Waals surface area contributed by atoms with Gasteiger partial charge in [0.15, 0.2) is 6.10 Å². The summed E-state index contributed by atoms with van der Waals surface area (Å²) in [4.78, 5) is 22.7. The molecule has 2 atom stereocenters. The minimum atomic E-state index is -0.862. The van der Waals surface area contributed by atoms with Gasteiger partial charge in [-0.05, 0) is 44.4 Å². The van der Waals surface area contributed by atoms with Gasteiger partial charge in [0.25, 0.3) is 5.91 Å². The molecule has 116 valence electrons. The number of benzene rings is 1. The Morgan fingerprint density at radius 1 is 1.38 bits per heavy atom. The van der Waals surface area contributed by atoms with Gasteiger partial charge < -0.3 is 15.2 Å². The maximum Gasteiger partial charge on any atom is 0.303 e. The Hall–Kier alpha value is -2.04. The molecule has 0 bridgehead atoms. The summed E-state index contributed by atoms with van der Waals surface area (Å²) in [5.41, 5.74) is 1.07. The molecule has 0 aliphatic carbocycles. The number of ether oxygens (including phenoxy) is 1. The van der Waals surface area contributed by atoms with Gasteiger partial charge >= 0.3 is 5.97 Å². The summed E-state index contributed by atoms with van der Waals surface area (Å²) >= 11 is 0. The van der Waals surface area contributed by atoms with Gasteiger partial charge in [-0.3, -0.25) is 9.59 Å². The van der Waals surface area contributed by atoms with Crippen molar-refractivity contribution in [1.29, 1.82) is 0 Å². The lowest BCUT2D eigenvalue weighted by molar-refractivity contribution is -0.137. The monoisotopic (exact) mass is 293 g/mol. The van der Waals surface area contributed by atoms with Crippen LogP contribution in [0.2, 0.25) is 0 Å². The second kappa shape index (κ2) is 8.29. The summed E-state index contributed by atoms with van der Waals surface area (Å²) < 4.78 is 5.70. The molecule has 1 rings (SSSR count). The van der Waals surface area contributed by atoms with Crippen molar-refractivity contribution < 1.29 is 19.4 Å². The first-order chi connectivity index (χ1) is 9.92. The molecule has 0 aliphatic rings. The zero-order valence-corrected chi connectivity index (χ0v) is 12.8. The maximum absolute atomic E-state index is 12.1. The van der Waals surface area contributed by atoms with Crippen molar-refractivity contribution >= 4 is 11.9 Å². The first kappa shape index (κ1) is 17.0. The highest BCUT2D eigenvalue weighted by Crippen LogP contribution is 2.15. The van der Waals surface area contributed by atoms with E-state index in [-0.39, 0.29) is 18.4 Å². The number of carboxylic acids is 1. The van der Waals surface area contributed by atoms with Gasteiger partial charge in [-0.2, -0.15) is 0 Å². The SMILES string of the molecule is CCC(Oc1cccc(C)c1)C(=O)NC(C)CCC(=O)O. The Morgan fingerprint density at radius 2 is 2.10 bits per heavy atom. The van der Waals surface area contributed by atoms with Crippen LogP contribution in [-0.2, 0) is 9.59 Å². The van der Waals surface area contributed by atoms with Crippen molar-refractivity contribution in [2.24, 2.45) is 0 Å². The van der Waals surface area contributed by atoms with Crippen LogP contribution < -0.4 is 10.1 Å². The maximum atomic E-state index is 12.1. The quantitative estimate of drug-likeness (QED) is 0.772. The van der Waals surface area contributed by atoms with Crippen LogP contribution in [-0.4, -0.2) is 29.1 Å². The molecule has 0 aliphatic heterocycles. The Balaban J connectivity index is 2.54. The van der Waals surface area contributed by atoms with Crippen molar-refractivity contribution in [3.8, 4) is 5.75 Å². The summed E-state index contributed by atoms with van der Waals surface area (Å²) in [6.07, 6.45) is 0.420.